The van der Waals surface area contributed by atoms with E-state index in [2.05, 4.69) is 9.80 Å². The largest absolute Gasteiger partial charge is 0.481 e. The molecule has 8 heteroatoms. The van der Waals surface area contributed by atoms with E-state index in [4.69, 9.17) is 21.7 Å². The van der Waals surface area contributed by atoms with Crippen LogP contribution in [0.4, 0.5) is 5.13 Å². The van der Waals surface area contributed by atoms with Crippen LogP contribution in [0.2, 0.25) is 5.02 Å². The lowest BCUT2D eigenvalue weighted by molar-refractivity contribution is -0.136. The van der Waals surface area contributed by atoms with Gasteiger partial charge in [0, 0.05) is 47.5 Å². The first-order valence-electron chi connectivity index (χ1n) is 8.39. The lowest BCUT2D eigenvalue weighted by Gasteiger charge is -2.34. The van der Waals surface area contributed by atoms with Crippen molar-refractivity contribution in [3.8, 4) is 0 Å². The quantitative estimate of drug-likeness (QED) is 0.693. The number of thiazole rings is 1. The van der Waals surface area contributed by atoms with Crippen molar-refractivity contribution in [3.05, 3.63) is 45.1 Å². The van der Waals surface area contributed by atoms with Gasteiger partial charge in [0.1, 0.15) is 0 Å². The van der Waals surface area contributed by atoms with Crippen molar-refractivity contribution >= 4 is 55.6 Å². The van der Waals surface area contributed by atoms with Crippen LogP contribution in [0.3, 0.4) is 0 Å². The molecule has 26 heavy (non-hydrogen) atoms. The lowest BCUT2D eigenvalue weighted by Crippen LogP contribution is -2.45. The van der Waals surface area contributed by atoms with Crippen molar-refractivity contribution < 1.29 is 9.90 Å². The van der Waals surface area contributed by atoms with Gasteiger partial charge in [-0.1, -0.05) is 22.9 Å². The molecule has 0 amide bonds. The van der Waals surface area contributed by atoms with Gasteiger partial charge in [-0.15, -0.1) is 11.3 Å². The molecular weight excluding hydrogens is 390 g/mol. The van der Waals surface area contributed by atoms with E-state index in [1.807, 2.05) is 30.3 Å². The number of thiophene rings is 1. The number of halogens is 1. The number of carboxylic acids is 1. The fraction of sp³-hybridized carbons (Fsp3) is 0.333. The number of hydrogen-bond donors (Lipinski definition) is 1. The maximum atomic E-state index is 10.8. The second-order valence-electron chi connectivity index (χ2n) is 6.31. The van der Waals surface area contributed by atoms with E-state index >= 15 is 0 Å². The summed E-state index contributed by atoms with van der Waals surface area (Å²) in [4.78, 5) is 22.4. The molecule has 4 rings (SSSR count). The van der Waals surface area contributed by atoms with Crippen LogP contribution in [0, 0.1) is 0 Å². The van der Waals surface area contributed by atoms with Crippen molar-refractivity contribution in [1.82, 2.24) is 9.88 Å². The summed E-state index contributed by atoms with van der Waals surface area (Å²) in [6, 6.07) is 9.80. The van der Waals surface area contributed by atoms with E-state index in [1.54, 1.807) is 22.7 Å². The van der Waals surface area contributed by atoms with Gasteiger partial charge in [-0.3, -0.25) is 9.69 Å². The molecule has 0 atom stereocenters. The third-order valence-corrected chi connectivity index (χ3v) is 6.79. The summed E-state index contributed by atoms with van der Waals surface area (Å²) in [5, 5.41) is 10.7. The molecule has 136 valence electrons. The second kappa shape index (κ2) is 7.52. The fourth-order valence-corrected chi connectivity index (χ4v) is 5.44. The first kappa shape index (κ1) is 17.7. The highest BCUT2D eigenvalue weighted by atomic mass is 35.5. The number of aromatic nitrogens is 1. The van der Waals surface area contributed by atoms with Crippen molar-refractivity contribution in [2.24, 2.45) is 0 Å². The maximum Gasteiger partial charge on any atom is 0.308 e. The number of carboxylic acid groups (broad SMARTS) is 1. The summed E-state index contributed by atoms with van der Waals surface area (Å²) in [5.74, 6) is -0.774. The highest BCUT2D eigenvalue weighted by molar-refractivity contribution is 7.22. The van der Waals surface area contributed by atoms with Crippen molar-refractivity contribution in [1.29, 1.82) is 0 Å². The molecule has 3 heterocycles. The number of carbonyl (C=O) groups is 1. The predicted octanol–water partition coefficient (Wildman–Crippen LogP) is 3.96. The van der Waals surface area contributed by atoms with Crippen LogP contribution in [0.15, 0.2) is 30.3 Å². The Kier molecular flexibility index (Phi) is 5.13. The highest BCUT2D eigenvalue weighted by Crippen LogP contribution is 2.31. The smallest absolute Gasteiger partial charge is 0.308 e. The molecule has 1 aliphatic rings. The molecular formula is C18H18ClN3O2S2. The van der Waals surface area contributed by atoms with Gasteiger partial charge in [0.15, 0.2) is 5.13 Å². The molecule has 1 aliphatic heterocycles. The van der Waals surface area contributed by atoms with Crippen LogP contribution >= 0.6 is 34.3 Å². The Morgan fingerprint density at radius 2 is 1.88 bits per heavy atom. The van der Waals surface area contributed by atoms with Crippen molar-refractivity contribution in [2.45, 2.75) is 13.0 Å². The number of rotatable bonds is 5. The molecule has 5 nitrogen and oxygen atoms in total. The Morgan fingerprint density at radius 3 is 2.65 bits per heavy atom. The number of piperazine rings is 1. The molecule has 0 radical (unpaired) electrons. The SMILES string of the molecule is O=C(O)Cc1ccc(CN2CCN(c3nc4ccc(Cl)cc4s3)CC2)s1. The minimum atomic E-state index is -0.774. The maximum absolute atomic E-state index is 10.8. The number of benzene rings is 1. The van der Waals surface area contributed by atoms with E-state index in [1.165, 1.54) is 4.88 Å². The molecule has 0 unspecified atom stereocenters. The summed E-state index contributed by atoms with van der Waals surface area (Å²) < 4.78 is 1.12. The minimum absolute atomic E-state index is 0.111. The Hall–Kier alpha value is -1.67. The van der Waals surface area contributed by atoms with Gasteiger partial charge < -0.3 is 10.0 Å². The van der Waals surface area contributed by atoms with Crippen LogP contribution in [0.5, 0.6) is 0 Å². The molecule has 1 aromatic carbocycles. The summed E-state index contributed by atoms with van der Waals surface area (Å²) in [7, 11) is 0. The van der Waals surface area contributed by atoms with Gasteiger partial charge in [0.2, 0.25) is 0 Å². The predicted molar refractivity (Wildman–Crippen MR) is 108 cm³/mol. The Balaban J connectivity index is 1.36. The number of hydrogen-bond acceptors (Lipinski definition) is 6. The molecule has 0 spiro atoms. The third-order valence-electron chi connectivity index (χ3n) is 4.40. The van der Waals surface area contributed by atoms with Crippen molar-refractivity contribution in [3.63, 3.8) is 0 Å². The van der Waals surface area contributed by atoms with Crippen LogP contribution < -0.4 is 4.90 Å². The molecule has 0 saturated carbocycles. The first-order chi connectivity index (χ1) is 12.6. The van der Waals surface area contributed by atoms with E-state index in [0.29, 0.717) is 0 Å². The topological polar surface area (TPSA) is 56.7 Å². The summed E-state index contributed by atoms with van der Waals surface area (Å²) in [5.41, 5.74) is 1.00. The van der Waals surface area contributed by atoms with Crippen LogP contribution in [0.25, 0.3) is 10.2 Å². The first-order valence-corrected chi connectivity index (χ1v) is 10.4. The minimum Gasteiger partial charge on any atom is -0.481 e. The summed E-state index contributed by atoms with van der Waals surface area (Å²) in [6.45, 7) is 4.72. The van der Waals surface area contributed by atoms with Gasteiger partial charge >= 0.3 is 5.97 Å². The molecule has 2 aromatic heterocycles. The van der Waals surface area contributed by atoms with Gasteiger partial charge in [0.25, 0.3) is 0 Å². The summed E-state index contributed by atoms with van der Waals surface area (Å²) >= 11 is 9.35. The monoisotopic (exact) mass is 407 g/mol. The Bertz CT molecular complexity index is 932. The zero-order valence-corrected chi connectivity index (χ0v) is 16.4. The van der Waals surface area contributed by atoms with Gasteiger partial charge in [-0.05, 0) is 30.3 Å². The molecule has 1 N–H and O–H groups in total. The lowest BCUT2D eigenvalue weighted by atomic mass is 10.3. The van der Waals surface area contributed by atoms with Crippen molar-refractivity contribution in [2.75, 3.05) is 31.1 Å². The van der Waals surface area contributed by atoms with Crippen LogP contribution in [-0.2, 0) is 17.8 Å². The van der Waals surface area contributed by atoms with Gasteiger partial charge in [0.05, 0.1) is 16.6 Å². The zero-order valence-electron chi connectivity index (χ0n) is 14.0. The van der Waals surface area contributed by atoms with E-state index in [0.717, 1.165) is 58.0 Å². The zero-order chi connectivity index (χ0) is 18.1. The second-order valence-corrected chi connectivity index (χ2v) is 9.01. The van der Waals surface area contributed by atoms with Gasteiger partial charge in [-0.25, -0.2) is 4.98 Å². The average Bonchev–Trinajstić information content (AvgIpc) is 3.21. The highest BCUT2D eigenvalue weighted by Gasteiger charge is 2.20. The number of fused-ring (bicyclic) bond motifs is 1. The molecule has 3 aromatic rings. The Morgan fingerprint density at radius 1 is 1.12 bits per heavy atom. The molecule has 0 bridgehead atoms. The van der Waals surface area contributed by atoms with E-state index in [9.17, 15) is 4.79 Å². The molecule has 1 saturated heterocycles. The Labute approximate surface area is 164 Å². The third kappa shape index (κ3) is 4.01. The fourth-order valence-electron chi connectivity index (χ4n) is 3.09. The van der Waals surface area contributed by atoms with E-state index < -0.39 is 5.97 Å². The molecule has 1 fully saturated rings. The average molecular weight is 408 g/mol. The number of aliphatic carboxylic acids is 1. The summed E-state index contributed by atoms with van der Waals surface area (Å²) in [6.07, 6.45) is 0.111. The molecule has 0 aliphatic carbocycles. The van der Waals surface area contributed by atoms with Crippen LogP contribution in [-0.4, -0.2) is 47.1 Å². The standard InChI is InChI=1S/C18H18ClN3O2S2/c19-12-1-4-15-16(9-12)26-18(20-15)22-7-5-21(6-8-22)11-14-3-2-13(25-14)10-17(23)24/h1-4,9H,5-8,10-11H2,(H,23,24). The number of anilines is 1. The van der Waals surface area contributed by atoms with E-state index in [-0.39, 0.29) is 6.42 Å². The number of nitrogens with zero attached hydrogens (tertiary/aromatic N) is 3. The van der Waals surface area contributed by atoms with Crippen LogP contribution in [0.1, 0.15) is 9.75 Å². The normalized spacial score (nSPS) is 15.7. The van der Waals surface area contributed by atoms with Gasteiger partial charge in [-0.2, -0.15) is 0 Å².